The van der Waals surface area contributed by atoms with Crippen molar-refractivity contribution in [2.75, 3.05) is 26.2 Å². The number of nitrogens with two attached hydrogens (primary N) is 5. The van der Waals surface area contributed by atoms with Crippen molar-refractivity contribution in [3.05, 3.63) is 144 Å². The zero-order valence-corrected chi connectivity index (χ0v) is 60.1. The van der Waals surface area contributed by atoms with Crippen LogP contribution in [0, 0.1) is 0 Å². The third-order valence-electron chi connectivity index (χ3n) is 17.4. The molecule has 108 heavy (non-hydrogen) atoms. The molecule has 5 rings (SSSR count). The number of hydrogen-bond donors (Lipinski definition) is 20. The number of carbonyl (C=O) groups is 14. The lowest BCUT2D eigenvalue weighted by molar-refractivity contribution is -0.158. The molecule has 0 unspecified atom stereocenters. The van der Waals surface area contributed by atoms with E-state index in [4.69, 9.17) is 28.7 Å². The first-order valence-corrected chi connectivity index (χ1v) is 35.3. The van der Waals surface area contributed by atoms with E-state index in [-0.39, 0.29) is 62.9 Å². The minimum atomic E-state index is -2.28. The Hall–Kier alpha value is -11.1. The number of benzene rings is 4. The monoisotopic (exact) mass is 1500 g/mol. The first kappa shape index (κ1) is 87.6. The molecule has 0 saturated carbocycles. The lowest BCUT2D eigenvalue weighted by Gasteiger charge is -2.33. The second-order valence-electron chi connectivity index (χ2n) is 26.0. The van der Waals surface area contributed by atoms with E-state index in [1.807, 2.05) is 5.32 Å². The van der Waals surface area contributed by atoms with Gasteiger partial charge in [0.1, 0.15) is 60.4 Å². The first-order chi connectivity index (χ1) is 51.5. The number of carboxylic acid groups (broad SMARTS) is 2. The highest BCUT2D eigenvalue weighted by atomic mass is 16.4. The Balaban J connectivity index is 1.49. The van der Waals surface area contributed by atoms with Gasteiger partial charge in [-0.1, -0.05) is 116 Å². The van der Waals surface area contributed by atoms with Crippen LogP contribution < -0.4 is 76.5 Å². The molecule has 1 aromatic heterocycles. The van der Waals surface area contributed by atoms with Crippen LogP contribution >= 0.6 is 0 Å². The van der Waals surface area contributed by atoms with Gasteiger partial charge in [-0.15, -0.1) is 0 Å². The van der Waals surface area contributed by atoms with E-state index in [9.17, 15) is 83.1 Å². The number of aromatic amines is 1. The number of aliphatic hydroxyl groups is 3. The molecule has 0 aliphatic rings. The van der Waals surface area contributed by atoms with Crippen molar-refractivity contribution in [3.8, 4) is 0 Å². The van der Waals surface area contributed by atoms with Crippen LogP contribution in [0.3, 0.4) is 0 Å². The van der Waals surface area contributed by atoms with Gasteiger partial charge in [0.05, 0.1) is 37.7 Å². The molecular formula is C73H100N16O19. The van der Waals surface area contributed by atoms with Crippen molar-refractivity contribution < 1.29 is 92.7 Å². The van der Waals surface area contributed by atoms with Crippen LogP contribution in [0.4, 0.5) is 0 Å². The van der Waals surface area contributed by atoms with E-state index < -0.39 is 194 Å². The lowest BCUT2D eigenvalue weighted by Crippen LogP contribution is -2.64. The van der Waals surface area contributed by atoms with Crippen LogP contribution in [-0.4, -0.2) is 223 Å². The van der Waals surface area contributed by atoms with Crippen LogP contribution in [0.2, 0.25) is 0 Å². The molecule has 0 spiro atoms. The largest absolute Gasteiger partial charge is 0.481 e. The summed E-state index contributed by atoms with van der Waals surface area (Å²) in [5.41, 5.74) is 31.4. The van der Waals surface area contributed by atoms with Crippen molar-refractivity contribution >= 4 is 93.7 Å². The molecule has 5 aromatic rings. The van der Waals surface area contributed by atoms with Crippen molar-refractivity contribution in [2.45, 2.75) is 182 Å². The number of nitrogens with one attached hydrogen (secondary N) is 10. The van der Waals surface area contributed by atoms with Gasteiger partial charge < -0.3 is 107 Å². The molecule has 586 valence electrons. The summed E-state index contributed by atoms with van der Waals surface area (Å²) in [5, 5.41) is 74.9. The van der Waals surface area contributed by atoms with Gasteiger partial charge in [0.2, 0.25) is 65.0 Å². The zero-order chi connectivity index (χ0) is 79.6. The van der Waals surface area contributed by atoms with Gasteiger partial charge in [-0.2, -0.15) is 0 Å². The van der Waals surface area contributed by atoms with Crippen LogP contribution in [0.1, 0.15) is 100 Å². The standard InChI is InChI=1S/C73H100N16O19/c1-41(91)61(71(105)85-53(35-45-23-10-5-11-24-45)69(103)88-62(42(2)92)72(106)89(59(94)29-18-32-76)57(40-90)70(104)86-56(73(107)108)38-60(95)96)87-64(98)50(28-15-17-31-75)80-67(101)54(36-46-39-79-49-27-13-12-25-47(46)49)84-66(100)52(34-44-21-8-4-9-22-44)82-65(99)51(33-43-19-6-3-7-20-43)83-68(102)55(37-58(78)93)81-63(97)48(77)26-14-16-30-74/h3-13,19-25,27,39,41-42,48,50-57,61-62,79,90-92H,14-18,26,28-38,40,74-77H2,1-2H3,(H2,78,93)(H,80,101)(H,81,97)(H,82,99)(H,83,102)(H,84,100)(H,85,105)(H,86,104)(H,87,98)(H,88,103)(H,95,96)(H,107,108)/t41-,42-,48+,50+,51+,52+,53+,54-,55+,56+,57+,61+,62+/m1/s1. The zero-order valence-electron chi connectivity index (χ0n) is 60.1. The van der Waals surface area contributed by atoms with E-state index in [2.05, 4.69) is 47.5 Å². The molecule has 0 bridgehead atoms. The Morgan fingerprint density at radius 1 is 0.444 bits per heavy atom. The number of primary amides is 1. The number of fused-ring (bicyclic) bond motifs is 1. The fraction of sp³-hybridized carbons (Fsp3) is 0.452. The third kappa shape index (κ3) is 28.0. The maximum Gasteiger partial charge on any atom is 0.326 e. The lowest BCUT2D eigenvalue weighted by atomic mass is 10.00. The van der Waals surface area contributed by atoms with Crippen LogP contribution in [0.15, 0.2) is 121 Å². The fourth-order valence-electron chi connectivity index (χ4n) is 11.5. The quantitative estimate of drug-likeness (QED) is 0.0165. The van der Waals surface area contributed by atoms with Crippen LogP contribution in [0.25, 0.3) is 10.9 Å². The molecular weight excluding hydrogens is 1400 g/mol. The highest BCUT2D eigenvalue weighted by Crippen LogP contribution is 2.21. The smallest absolute Gasteiger partial charge is 0.326 e. The summed E-state index contributed by atoms with van der Waals surface area (Å²) in [6, 6.07) is 12.4. The van der Waals surface area contributed by atoms with E-state index in [1.165, 1.54) is 0 Å². The predicted molar refractivity (Wildman–Crippen MR) is 392 cm³/mol. The van der Waals surface area contributed by atoms with E-state index in [0.717, 1.165) is 13.8 Å². The number of aliphatic hydroxyl groups excluding tert-OH is 3. The summed E-state index contributed by atoms with van der Waals surface area (Å²) in [6.07, 6.45) is -4.26. The Morgan fingerprint density at radius 2 is 0.852 bits per heavy atom. The minimum Gasteiger partial charge on any atom is -0.481 e. The molecule has 0 aliphatic carbocycles. The highest BCUT2D eigenvalue weighted by molar-refractivity contribution is 6.05. The summed E-state index contributed by atoms with van der Waals surface area (Å²) < 4.78 is 0. The summed E-state index contributed by atoms with van der Waals surface area (Å²) >= 11 is 0. The van der Waals surface area contributed by atoms with Gasteiger partial charge in [0.25, 0.3) is 5.91 Å². The number of H-pyrrole nitrogens is 1. The number of imide groups is 1. The molecule has 0 radical (unpaired) electrons. The van der Waals surface area contributed by atoms with Crippen molar-refractivity contribution in [1.82, 2.24) is 57.7 Å². The van der Waals surface area contributed by atoms with Crippen molar-refractivity contribution in [2.24, 2.45) is 28.7 Å². The number of rotatable bonds is 47. The Labute approximate surface area is 622 Å². The summed E-state index contributed by atoms with van der Waals surface area (Å²) in [7, 11) is 0. The van der Waals surface area contributed by atoms with Gasteiger partial charge in [-0.05, 0) is 100 Å². The van der Waals surface area contributed by atoms with Gasteiger partial charge in [0, 0.05) is 49.2 Å². The van der Waals surface area contributed by atoms with Gasteiger partial charge in [0.15, 0.2) is 0 Å². The molecule has 0 saturated heterocycles. The SMILES string of the molecule is C[C@@H](O)[C@H](NC(=O)[C@H](CCCCN)NC(=O)[C@@H](Cc1c[nH]c2ccccc12)NC(=O)[C@H](Cc1ccccc1)NC(=O)[C@H](Cc1ccccc1)NC(=O)[C@H](CC(N)=O)NC(=O)[C@@H](N)CCCCN)C(=O)N[C@@H](Cc1ccccc1)C(=O)N[C@H](C(=O)N(C(=O)CCCN)[C@@H](CO)C(=O)N[C@@H](CC(=O)O)C(=O)O)[C@@H](C)O. The second kappa shape index (κ2) is 44.8. The van der Waals surface area contributed by atoms with Gasteiger partial charge in [-0.25, -0.2) is 4.79 Å². The van der Waals surface area contributed by atoms with Crippen molar-refractivity contribution in [1.29, 1.82) is 0 Å². The minimum absolute atomic E-state index is 0.117. The maximum absolute atomic E-state index is 15.2. The molecule has 4 aromatic carbocycles. The van der Waals surface area contributed by atoms with E-state index in [0.29, 0.717) is 59.0 Å². The summed E-state index contributed by atoms with van der Waals surface area (Å²) in [5.74, 6) is -16.9. The second-order valence-corrected chi connectivity index (χ2v) is 26.0. The first-order valence-electron chi connectivity index (χ1n) is 35.3. The Kier molecular flexibility index (Phi) is 36.3. The molecule has 1 heterocycles. The number of amides is 12. The van der Waals surface area contributed by atoms with E-state index >= 15 is 9.59 Å². The topological polar surface area (TPSA) is 598 Å². The number of aliphatic carboxylic acids is 2. The van der Waals surface area contributed by atoms with Gasteiger partial charge >= 0.3 is 11.9 Å². The predicted octanol–water partition coefficient (Wildman–Crippen LogP) is -3.96. The molecule has 0 aliphatic heterocycles. The number of para-hydroxylation sites is 1. The summed E-state index contributed by atoms with van der Waals surface area (Å²) in [4.78, 5) is 198. The Morgan fingerprint density at radius 3 is 1.31 bits per heavy atom. The average molecular weight is 1510 g/mol. The summed E-state index contributed by atoms with van der Waals surface area (Å²) in [6.45, 7) is 1.06. The fourth-order valence-corrected chi connectivity index (χ4v) is 11.5. The van der Waals surface area contributed by atoms with Crippen molar-refractivity contribution in [3.63, 3.8) is 0 Å². The number of unbranched alkanes of at least 4 members (excludes halogenated alkanes) is 2. The van der Waals surface area contributed by atoms with Crippen LogP contribution in [-0.2, 0) is 92.8 Å². The van der Waals surface area contributed by atoms with Crippen LogP contribution in [0.5, 0.6) is 0 Å². The molecule has 35 nitrogen and oxygen atoms in total. The highest BCUT2D eigenvalue weighted by Gasteiger charge is 2.43. The molecule has 25 N–H and O–H groups in total. The number of aromatic nitrogens is 1. The molecule has 0 fully saturated rings. The van der Waals surface area contributed by atoms with E-state index in [1.54, 1.807) is 121 Å². The normalized spacial score (nSPS) is 14.8. The number of carbonyl (C=O) groups excluding carboxylic acids is 12. The number of hydrogen-bond acceptors (Lipinski definition) is 21. The maximum atomic E-state index is 15.2. The van der Waals surface area contributed by atoms with Gasteiger partial charge in [-0.3, -0.25) is 67.2 Å². The molecule has 13 atom stereocenters. The number of nitrogens with zero attached hydrogens (tertiary/aromatic N) is 1. The average Bonchev–Trinajstić information content (AvgIpc) is 1.49. The Bertz CT molecular complexity index is 3850. The third-order valence-corrected chi connectivity index (χ3v) is 17.4. The molecule has 12 amide bonds. The number of carboxylic acids is 2. The molecule has 35 heteroatoms.